The Hall–Kier alpha value is -3.88. The summed E-state index contributed by atoms with van der Waals surface area (Å²) in [7, 11) is 0. The van der Waals surface area contributed by atoms with E-state index in [-0.39, 0.29) is 24.2 Å². The van der Waals surface area contributed by atoms with Crippen LogP contribution in [0.15, 0.2) is 48.8 Å². The van der Waals surface area contributed by atoms with Crippen LogP contribution in [0.2, 0.25) is 0 Å². The lowest BCUT2D eigenvalue weighted by Gasteiger charge is -2.10. The average molecular weight is 380 g/mol. The van der Waals surface area contributed by atoms with Crippen molar-refractivity contribution in [1.82, 2.24) is 9.97 Å². The summed E-state index contributed by atoms with van der Waals surface area (Å²) in [5, 5.41) is 14.6. The fourth-order valence-corrected chi connectivity index (χ4v) is 2.71. The monoisotopic (exact) mass is 380 g/mol. The summed E-state index contributed by atoms with van der Waals surface area (Å²) in [6, 6.07) is 12.4. The van der Waals surface area contributed by atoms with Crippen molar-refractivity contribution in [3.05, 3.63) is 64.5 Å². The van der Waals surface area contributed by atoms with Gasteiger partial charge in [0.15, 0.2) is 11.5 Å². The molecule has 9 nitrogen and oxygen atoms in total. The van der Waals surface area contributed by atoms with Crippen LogP contribution in [0, 0.1) is 10.1 Å². The van der Waals surface area contributed by atoms with Gasteiger partial charge in [-0.2, -0.15) is 4.98 Å². The Bertz CT molecular complexity index is 1020. The molecule has 0 unspecified atom stereocenters. The van der Waals surface area contributed by atoms with E-state index < -0.39 is 4.92 Å². The van der Waals surface area contributed by atoms with Gasteiger partial charge in [0.1, 0.15) is 12.1 Å². The van der Waals surface area contributed by atoms with Crippen molar-refractivity contribution >= 4 is 17.2 Å². The highest BCUT2D eigenvalue weighted by atomic mass is 16.7. The third kappa shape index (κ3) is 3.50. The summed E-state index contributed by atoms with van der Waals surface area (Å²) < 4.78 is 16.2. The first-order valence-corrected chi connectivity index (χ1v) is 8.57. The fourth-order valence-electron chi connectivity index (χ4n) is 2.71. The number of ether oxygens (including phenoxy) is 3. The van der Waals surface area contributed by atoms with Gasteiger partial charge in [-0.25, -0.2) is 4.98 Å². The maximum Gasteiger partial charge on any atom is 0.373 e. The normalized spacial score (nSPS) is 11.9. The zero-order valence-corrected chi connectivity index (χ0v) is 14.9. The van der Waals surface area contributed by atoms with Gasteiger partial charge in [0, 0.05) is 11.8 Å². The number of rotatable bonds is 6. The van der Waals surface area contributed by atoms with Crippen LogP contribution < -0.4 is 19.5 Å². The highest BCUT2D eigenvalue weighted by Crippen LogP contribution is 2.38. The van der Waals surface area contributed by atoms with Gasteiger partial charge in [0.25, 0.3) is 0 Å². The number of nitrogens with one attached hydrogen (secondary N) is 1. The number of anilines is 2. The molecular formula is C19H16N4O5. The molecule has 0 bridgehead atoms. The van der Waals surface area contributed by atoms with Gasteiger partial charge in [-0.1, -0.05) is 19.1 Å². The zero-order chi connectivity index (χ0) is 19.5. The highest BCUT2D eigenvalue weighted by molar-refractivity contribution is 5.70. The van der Waals surface area contributed by atoms with Gasteiger partial charge in [-0.05, 0) is 36.2 Å². The summed E-state index contributed by atoms with van der Waals surface area (Å²) >= 11 is 0. The molecular weight excluding hydrogens is 364 g/mol. The van der Waals surface area contributed by atoms with Crippen molar-refractivity contribution in [2.24, 2.45) is 0 Å². The molecule has 0 saturated carbocycles. The van der Waals surface area contributed by atoms with Crippen molar-refractivity contribution in [2.45, 2.75) is 13.3 Å². The van der Waals surface area contributed by atoms with E-state index in [0.717, 1.165) is 12.0 Å². The molecule has 1 aromatic heterocycles. The Kier molecular flexibility index (Phi) is 4.63. The lowest BCUT2D eigenvalue weighted by molar-refractivity contribution is -0.385. The van der Waals surface area contributed by atoms with Crippen molar-refractivity contribution in [2.75, 3.05) is 12.1 Å². The van der Waals surface area contributed by atoms with Crippen LogP contribution in [-0.2, 0) is 6.42 Å². The van der Waals surface area contributed by atoms with Crippen LogP contribution in [0.25, 0.3) is 0 Å². The number of hydrogen-bond acceptors (Lipinski definition) is 8. The molecule has 4 rings (SSSR count). The molecule has 2 aromatic carbocycles. The van der Waals surface area contributed by atoms with Crippen molar-refractivity contribution in [3.8, 4) is 23.1 Å². The third-order valence-corrected chi connectivity index (χ3v) is 4.15. The standard InChI is InChI=1S/C19H16N4O5/c1-2-12-3-6-14(7-4-12)28-19-17(23(24)25)18(20-10-21-19)22-13-5-8-15-16(9-13)27-11-26-15/h3-10H,2,11H2,1H3,(H,20,21,22). The van der Waals surface area contributed by atoms with E-state index in [0.29, 0.717) is 22.9 Å². The minimum absolute atomic E-state index is 0.0130. The van der Waals surface area contributed by atoms with Gasteiger partial charge in [-0.15, -0.1) is 0 Å². The van der Waals surface area contributed by atoms with Crippen LogP contribution in [0.1, 0.15) is 12.5 Å². The first-order chi connectivity index (χ1) is 13.6. The average Bonchev–Trinajstić information content (AvgIpc) is 3.16. The Morgan fingerprint density at radius 1 is 1.14 bits per heavy atom. The number of aryl methyl sites for hydroxylation is 1. The molecule has 0 saturated heterocycles. The van der Waals surface area contributed by atoms with E-state index in [2.05, 4.69) is 15.3 Å². The van der Waals surface area contributed by atoms with Crippen LogP contribution in [0.4, 0.5) is 17.2 Å². The topological polar surface area (TPSA) is 109 Å². The van der Waals surface area contributed by atoms with E-state index >= 15 is 0 Å². The van der Waals surface area contributed by atoms with Crippen LogP contribution in [-0.4, -0.2) is 21.7 Å². The first kappa shape index (κ1) is 17.5. The van der Waals surface area contributed by atoms with Gasteiger partial charge in [0.2, 0.25) is 12.6 Å². The molecule has 0 atom stereocenters. The number of benzene rings is 2. The summed E-state index contributed by atoms with van der Waals surface area (Å²) in [5.74, 6) is 1.48. The van der Waals surface area contributed by atoms with Crippen LogP contribution >= 0.6 is 0 Å². The van der Waals surface area contributed by atoms with E-state index in [9.17, 15) is 10.1 Å². The van der Waals surface area contributed by atoms with Gasteiger partial charge in [0.05, 0.1) is 4.92 Å². The Balaban J connectivity index is 1.64. The maximum atomic E-state index is 11.7. The van der Waals surface area contributed by atoms with Crippen molar-refractivity contribution in [3.63, 3.8) is 0 Å². The SMILES string of the molecule is CCc1ccc(Oc2ncnc(Nc3ccc4c(c3)OCO4)c2[N+](=O)[O-])cc1. The van der Waals surface area contributed by atoms with E-state index in [1.807, 2.05) is 19.1 Å². The number of aromatic nitrogens is 2. The summed E-state index contributed by atoms with van der Waals surface area (Å²) in [6.07, 6.45) is 2.09. The Morgan fingerprint density at radius 3 is 2.68 bits per heavy atom. The van der Waals surface area contributed by atoms with Gasteiger partial charge < -0.3 is 19.5 Å². The first-order valence-electron chi connectivity index (χ1n) is 8.57. The molecule has 9 heteroatoms. The van der Waals surface area contributed by atoms with E-state index in [1.54, 1.807) is 30.3 Å². The smallest absolute Gasteiger partial charge is 0.373 e. The highest BCUT2D eigenvalue weighted by Gasteiger charge is 2.26. The quantitative estimate of drug-likeness (QED) is 0.500. The van der Waals surface area contributed by atoms with E-state index in [4.69, 9.17) is 14.2 Å². The van der Waals surface area contributed by atoms with Gasteiger partial charge in [-0.3, -0.25) is 10.1 Å². The maximum absolute atomic E-state index is 11.7. The fraction of sp³-hybridized carbons (Fsp3) is 0.158. The lowest BCUT2D eigenvalue weighted by atomic mass is 10.2. The molecule has 3 aromatic rings. The number of nitrogens with zero attached hydrogens (tertiary/aromatic N) is 3. The van der Waals surface area contributed by atoms with Crippen molar-refractivity contribution in [1.29, 1.82) is 0 Å². The molecule has 0 amide bonds. The number of nitro groups is 1. The molecule has 142 valence electrons. The Morgan fingerprint density at radius 2 is 1.93 bits per heavy atom. The molecule has 0 radical (unpaired) electrons. The predicted octanol–water partition coefficient (Wildman–Crippen LogP) is 4.21. The second-order valence-corrected chi connectivity index (χ2v) is 5.93. The lowest BCUT2D eigenvalue weighted by Crippen LogP contribution is -2.03. The summed E-state index contributed by atoms with van der Waals surface area (Å²) in [6.45, 7) is 2.18. The molecule has 2 heterocycles. The molecule has 1 aliphatic heterocycles. The van der Waals surface area contributed by atoms with Crippen LogP contribution in [0.3, 0.4) is 0 Å². The number of fused-ring (bicyclic) bond motifs is 1. The van der Waals surface area contributed by atoms with Crippen molar-refractivity contribution < 1.29 is 19.1 Å². The van der Waals surface area contributed by atoms with E-state index in [1.165, 1.54) is 6.33 Å². The van der Waals surface area contributed by atoms with Crippen LogP contribution in [0.5, 0.6) is 23.1 Å². The molecule has 0 fully saturated rings. The molecule has 0 aliphatic carbocycles. The summed E-state index contributed by atoms with van der Waals surface area (Å²) in [4.78, 5) is 19.0. The zero-order valence-electron chi connectivity index (χ0n) is 14.9. The summed E-state index contributed by atoms with van der Waals surface area (Å²) in [5.41, 5.74) is 1.33. The molecule has 28 heavy (non-hydrogen) atoms. The molecule has 1 N–H and O–H groups in total. The molecule has 1 aliphatic rings. The second-order valence-electron chi connectivity index (χ2n) is 5.93. The Labute approximate surface area is 160 Å². The predicted molar refractivity (Wildman–Crippen MR) is 100 cm³/mol. The number of hydrogen-bond donors (Lipinski definition) is 1. The minimum Gasteiger partial charge on any atom is -0.454 e. The minimum atomic E-state index is -0.578. The third-order valence-electron chi connectivity index (χ3n) is 4.15. The second kappa shape index (κ2) is 7.39. The molecule has 0 spiro atoms. The van der Waals surface area contributed by atoms with Gasteiger partial charge >= 0.3 is 11.6 Å². The largest absolute Gasteiger partial charge is 0.454 e.